The van der Waals surface area contributed by atoms with Crippen molar-refractivity contribution in [2.45, 2.75) is 12.8 Å². The molecule has 0 amide bonds. The molecule has 0 fully saturated rings. The van der Waals surface area contributed by atoms with Crippen molar-refractivity contribution in [2.24, 2.45) is 0 Å². The molecule has 0 saturated heterocycles. The normalized spacial score (nSPS) is 6.62. The number of rotatable bonds is 6. The minimum Gasteiger partial charge on any atom is -0.753 e. The Morgan fingerprint density at radius 2 is 1.19 bits per heavy atom. The Bertz CT molecular complexity index is 150. The molecular weight excluding hydrogens is 294 g/mol. The molecule has 5 nitrogen and oxygen atoms in total. The summed E-state index contributed by atoms with van der Waals surface area (Å²) in [6, 6.07) is 0. The van der Waals surface area contributed by atoms with Crippen molar-refractivity contribution < 1.29 is 17.1 Å². The average Bonchev–Trinajstić information content (AvgIpc) is 2.20. The van der Waals surface area contributed by atoms with Crippen LogP contribution in [0, 0.1) is 0 Å². The van der Waals surface area contributed by atoms with Crippen LogP contribution in [0.1, 0.15) is 12.8 Å². The minimum absolute atomic E-state index is 0. The molecule has 0 aliphatic rings. The first-order chi connectivity index (χ1) is 7.24. The van der Waals surface area contributed by atoms with Crippen LogP contribution in [0.5, 0.6) is 0 Å². The van der Waals surface area contributed by atoms with Gasteiger partial charge in [-0.2, -0.15) is 36.5 Å². The number of hydrogen-bond acceptors (Lipinski definition) is 2. The van der Waals surface area contributed by atoms with E-state index in [1.807, 2.05) is 0 Å². The smallest absolute Gasteiger partial charge is 0 e. The van der Waals surface area contributed by atoms with Crippen LogP contribution >= 0.6 is 24.4 Å². The van der Waals surface area contributed by atoms with Crippen molar-refractivity contribution in [1.29, 1.82) is 0 Å². The van der Waals surface area contributed by atoms with E-state index in [1.165, 1.54) is 10.3 Å². The fraction of sp³-hybridized carbons (Fsp3) is 0.750. The Balaban J connectivity index is -0.0000000870. The molecule has 0 spiro atoms. The molecule has 1 radical (unpaired) electrons. The zero-order valence-electron chi connectivity index (χ0n) is 8.70. The Morgan fingerprint density at radius 1 is 0.938 bits per heavy atom. The predicted octanol–water partition coefficient (Wildman–Crippen LogP) is 3.56. The van der Waals surface area contributed by atoms with Crippen LogP contribution in [0.15, 0.2) is 0 Å². The standard InChI is InChI=1S/C6H14N3.2CNS.Cu/c7-3-1-5-9-6-2-4-8;2*2-1-3;/h7-8H,1-6H2;;;/q-3;2*-1;. The van der Waals surface area contributed by atoms with Gasteiger partial charge in [0.15, 0.2) is 0 Å². The van der Waals surface area contributed by atoms with Crippen LogP contribution in [0.2, 0.25) is 0 Å². The molecule has 0 atom stereocenters. The number of nitrogens with zero attached hydrogens (tertiary/aromatic N) is 3. The predicted molar refractivity (Wildman–Crippen MR) is 72.6 cm³/mol. The molecule has 2 N–H and O–H groups in total. The maximum atomic E-state index is 7.13. The van der Waals surface area contributed by atoms with Crippen LogP contribution in [0.3, 0.4) is 0 Å². The molecule has 99 valence electrons. The fourth-order valence-electron chi connectivity index (χ4n) is 0.494. The van der Waals surface area contributed by atoms with E-state index in [0.717, 1.165) is 25.9 Å². The molecule has 0 aromatic heterocycles. The van der Waals surface area contributed by atoms with Crippen LogP contribution in [0.25, 0.3) is 27.6 Å². The monoisotopic (exact) mass is 307 g/mol. The van der Waals surface area contributed by atoms with Gasteiger partial charge in [0.05, 0.1) is 0 Å². The molecule has 16 heavy (non-hydrogen) atoms. The van der Waals surface area contributed by atoms with E-state index in [4.69, 9.17) is 22.3 Å². The van der Waals surface area contributed by atoms with E-state index in [0.29, 0.717) is 13.1 Å². The van der Waals surface area contributed by atoms with Crippen molar-refractivity contribution in [3.63, 3.8) is 0 Å². The summed E-state index contributed by atoms with van der Waals surface area (Å²) in [5.74, 6) is 0. The summed E-state index contributed by atoms with van der Waals surface area (Å²) >= 11 is 7.40. The van der Waals surface area contributed by atoms with Crippen LogP contribution in [0.4, 0.5) is 0 Å². The summed E-state index contributed by atoms with van der Waals surface area (Å²) in [4.78, 5) is 0. The SMILES string of the molecule is [Cu].[N-]=C=S.[N-]=C=S.[NH-]CCC[N-]CCC[NH-]. The Labute approximate surface area is 118 Å². The molecule has 8 heteroatoms. The summed E-state index contributed by atoms with van der Waals surface area (Å²) in [5, 5.41) is 21.0. The topological polar surface area (TPSA) is 106 Å². The quantitative estimate of drug-likeness (QED) is 0.324. The molecular formula is C8H14CuN5S2-5. The van der Waals surface area contributed by atoms with E-state index in [9.17, 15) is 0 Å². The van der Waals surface area contributed by atoms with Gasteiger partial charge in [-0.1, -0.05) is 37.3 Å². The van der Waals surface area contributed by atoms with Gasteiger partial charge in [0.25, 0.3) is 0 Å². The van der Waals surface area contributed by atoms with E-state index in [1.54, 1.807) is 0 Å². The number of thiocarbonyl (C=S) groups is 2. The molecule has 0 saturated carbocycles. The summed E-state index contributed by atoms with van der Waals surface area (Å²) in [6.07, 6.45) is 1.75. The van der Waals surface area contributed by atoms with Crippen molar-refractivity contribution >= 4 is 34.8 Å². The first-order valence-corrected chi connectivity index (χ1v) is 5.01. The summed E-state index contributed by atoms with van der Waals surface area (Å²) in [6.45, 7) is 2.57. The molecule has 0 aromatic rings. The fourth-order valence-corrected chi connectivity index (χ4v) is 0.494. The van der Waals surface area contributed by atoms with Gasteiger partial charge in [0.1, 0.15) is 0 Å². The van der Waals surface area contributed by atoms with Crippen molar-refractivity contribution in [3.8, 4) is 0 Å². The van der Waals surface area contributed by atoms with Gasteiger partial charge < -0.3 is 27.6 Å². The molecule has 0 aromatic carbocycles. The molecule has 0 bridgehead atoms. The van der Waals surface area contributed by atoms with Crippen LogP contribution in [-0.2, 0) is 17.1 Å². The van der Waals surface area contributed by atoms with E-state index in [2.05, 4.69) is 29.8 Å². The zero-order valence-corrected chi connectivity index (χ0v) is 11.3. The summed E-state index contributed by atoms with van der Waals surface area (Å²) in [7, 11) is 0. The third-order valence-corrected chi connectivity index (χ3v) is 0.986. The molecule has 0 aliphatic carbocycles. The van der Waals surface area contributed by atoms with Gasteiger partial charge in [0, 0.05) is 17.1 Å². The third kappa shape index (κ3) is 65.7. The Kier molecular flexibility index (Phi) is 56.7. The zero-order chi connectivity index (χ0) is 12.4. The van der Waals surface area contributed by atoms with Gasteiger partial charge in [0.2, 0.25) is 0 Å². The third-order valence-electron chi connectivity index (χ3n) is 0.986. The second-order valence-electron chi connectivity index (χ2n) is 2.06. The number of isothiocyanates is 2. The van der Waals surface area contributed by atoms with Gasteiger partial charge in [-0.05, 0) is 0 Å². The van der Waals surface area contributed by atoms with Crippen LogP contribution in [-0.4, -0.2) is 36.5 Å². The minimum atomic E-state index is 0. The number of nitrogens with one attached hydrogen (secondary N) is 2. The summed E-state index contributed by atoms with van der Waals surface area (Å²) in [5.41, 5.74) is 13.6. The number of hydrogen-bond donors (Lipinski definition) is 0. The first kappa shape index (κ1) is 25.0. The maximum Gasteiger partial charge on any atom is 0 e. The van der Waals surface area contributed by atoms with Crippen molar-refractivity contribution in [2.75, 3.05) is 26.2 Å². The van der Waals surface area contributed by atoms with E-state index >= 15 is 0 Å². The van der Waals surface area contributed by atoms with Crippen molar-refractivity contribution in [1.82, 2.24) is 0 Å². The largest absolute Gasteiger partial charge is 0.753 e. The molecule has 0 rings (SSSR count). The average molecular weight is 308 g/mol. The second-order valence-corrected chi connectivity index (χ2v) is 2.43. The van der Waals surface area contributed by atoms with E-state index < -0.39 is 0 Å². The van der Waals surface area contributed by atoms with Gasteiger partial charge in [-0.15, -0.1) is 0 Å². The van der Waals surface area contributed by atoms with Gasteiger partial charge in [-0.3, -0.25) is 0 Å². The molecule has 0 heterocycles. The first-order valence-electron chi connectivity index (χ1n) is 4.20. The molecule has 0 unspecified atom stereocenters. The molecule has 0 aliphatic heterocycles. The van der Waals surface area contributed by atoms with Crippen molar-refractivity contribution in [3.05, 3.63) is 27.6 Å². The van der Waals surface area contributed by atoms with E-state index in [-0.39, 0.29) is 17.1 Å². The van der Waals surface area contributed by atoms with Gasteiger partial charge >= 0.3 is 0 Å². The second kappa shape index (κ2) is 36.3. The van der Waals surface area contributed by atoms with Gasteiger partial charge in [-0.25, -0.2) is 0 Å². The summed E-state index contributed by atoms with van der Waals surface area (Å²) < 4.78 is 0. The maximum absolute atomic E-state index is 7.13. The Hall–Kier alpha value is -0.000519. The Morgan fingerprint density at radius 3 is 1.38 bits per heavy atom. The van der Waals surface area contributed by atoms with Crippen LogP contribution < -0.4 is 0 Å².